The molecule has 0 saturated carbocycles. The Morgan fingerprint density at radius 2 is 1.54 bits per heavy atom. The van der Waals surface area contributed by atoms with Crippen LogP contribution >= 0.6 is 0 Å². The summed E-state index contributed by atoms with van der Waals surface area (Å²) in [6.45, 7) is -2.16. The highest BCUT2D eigenvalue weighted by Crippen LogP contribution is 2.26. The Balaban J connectivity index is 1.58. The average molecular weight is 388 g/mol. The van der Waals surface area contributed by atoms with Crippen molar-refractivity contribution in [3.05, 3.63) is 71.3 Å². The van der Waals surface area contributed by atoms with E-state index in [1.807, 2.05) is 0 Å². The number of amides is 3. The maximum atomic E-state index is 14.4. The van der Waals surface area contributed by atoms with Crippen molar-refractivity contribution in [1.29, 1.82) is 0 Å². The van der Waals surface area contributed by atoms with Crippen LogP contribution in [0.15, 0.2) is 54.6 Å². The first-order chi connectivity index (χ1) is 13.3. The van der Waals surface area contributed by atoms with Crippen molar-refractivity contribution in [3.63, 3.8) is 0 Å². The van der Waals surface area contributed by atoms with Crippen molar-refractivity contribution in [1.82, 2.24) is 9.80 Å². The van der Waals surface area contributed by atoms with Gasteiger partial charge in [-0.1, -0.05) is 42.5 Å². The van der Waals surface area contributed by atoms with Crippen LogP contribution in [0.1, 0.15) is 26.3 Å². The lowest BCUT2D eigenvalue weighted by Crippen LogP contribution is -2.47. The fraction of sp³-hybridized carbons (Fsp3) is 0.250. The Bertz CT molecular complexity index is 867. The van der Waals surface area contributed by atoms with Crippen LogP contribution in [0.3, 0.4) is 0 Å². The van der Waals surface area contributed by atoms with E-state index in [0.717, 1.165) is 10.5 Å². The smallest absolute Gasteiger partial charge is 0.410 e. The largest absolute Gasteiger partial charge is 0.445 e. The van der Waals surface area contributed by atoms with Gasteiger partial charge in [-0.05, 0) is 17.7 Å². The summed E-state index contributed by atoms with van der Waals surface area (Å²) in [6, 6.07) is 14.8. The molecule has 6 nitrogen and oxygen atoms in total. The summed E-state index contributed by atoms with van der Waals surface area (Å²) in [4.78, 5) is 37.7. The van der Waals surface area contributed by atoms with Crippen LogP contribution in [0.5, 0.6) is 0 Å². The summed E-state index contributed by atoms with van der Waals surface area (Å²) in [5.74, 6) is -5.03. The Morgan fingerprint density at radius 1 is 1.00 bits per heavy atom. The van der Waals surface area contributed by atoms with Gasteiger partial charge < -0.3 is 9.64 Å². The first-order valence-electron chi connectivity index (χ1n) is 8.53. The third-order valence-corrected chi connectivity index (χ3v) is 4.25. The number of benzene rings is 2. The van der Waals surface area contributed by atoms with Crippen LogP contribution in [-0.4, -0.2) is 53.8 Å². The maximum Gasteiger partial charge on any atom is 0.410 e. The first kappa shape index (κ1) is 19.5. The molecule has 146 valence electrons. The third kappa shape index (κ3) is 4.16. The lowest BCUT2D eigenvalue weighted by atomic mass is 10.1. The molecule has 1 aliphatic heterocycles. The highest BCUT2D eigenvalue weighted by atomic mass is 19.3. The quantitative estimate of drug-likeness (QED) is 0.713. The number of alkyl halides is 2. The second-order valence-electron chi connectivity index (χ2n) is 6.49. The van der Waals surface area contributed by atoms with Crippen LogP contribution in [-0.2, 0) is 11.3 Å². The molecule has 3 amide bonds. The van der Waals surface area contributed by atoms with E-state index in [1.165, 1.54) is 19.2 Å². The highest BCUT2D eigenvalue weighted by Gasteiger charge is 2.43. The topological polar surface area (TPSA) is 66.9 Å². The molecule has 8 heteroatoms. The second-order valence-corrected chi connectivity index (χ2v) is 6.49. The van der Waals surface area contributed by atoms with E-state index in [-0.39, 0.29) is 17.7 Å². The Kier molecular flexibility index (Phi) is 5.39. The summed E-state index contributed by atoms with van der Waals surface area (Å²) in [6.07, 6.45) is -0.925. The Hall–Kier alpha value is -3.29. The molecule has 0 aromatic heterocycles. The SMILES string of the molecule is CN(CC(F)(F)CN1C(=O)c2ccccc2C1=O)C(=O)OCc1ccccc1. The molecule has 0 unspecified atom stereocenters. The zero-order valence-electron chi connectivity index (χ0n) is 15.1. The molecule has 0 radical (unpaired) electrons. The average Bonchev–Trinajstić information content (AvgIpc) is 2.91. The molecule has 2 aromatic carbocycles. The number of carbonyl (C=O) groups is 3. The number of hydrogen-bond acceptors (Lipinski definition) is 4. The number of nitrogens with zero attached hydrogens (tertiary/aromatic N) is 2. The molecule has 0 atom stereocenters. The van der Waals surface area contributed by atoms with E-state index in [1.54, 1.807) is 42.5 Å². The second kappa shape index (κ2) is 7.75. The lowest BCUT2D eigenvalue weighted by Gasteiger charge is -2.26. The van der Waals surface area contributed by atoms with Gasteiger partial charge in [-0.15, -0.1) is 0 Å². The fourth-order valence-corrected chi connectivity index (χ4v) is 2.91. The molecular formula is C20H18F2N2O4. The molecule has 0 saturated heterocycles. The zero-order chi connectivity index (χ0) is 20.3. The number of hydrogen-bond donors (Lipinski definition) is 0. The maximum absolute atomic E-state index is 14.4. The van der Waals surface area contributed by atoms with Gasteiger partial charge in [-0.2, -0.15) is 0 Å². The van der Waals surface area contributed by atoms with Crippen molar-refractivity contribution in [2.45, 2.75) is 12.5 Å². The van der Waals surface area contributed by atoms with E-state index in [9.17, 15) is 23.2 Å². The van der Waals surface area contributed by atoms with Gasteiger partial charge in [0.2, 0.25) is 0 Å². The molecule has 0 bridgehead atoms. The summed E-state index contributed by atoms with van der Waals surface area (Å²) in [7, 11) is 1.17. The van der Waals surface area contributed by atoms with Gasteiger partial charge >= 0.3 is 6.09 Å². The number of ether oxygens (including phenoxy) is 1. The van der Waals surface area contributed by atoms with Crippen LogP contribution in [0.25, 0.3) is 0 Å². The third-order valence-electron chi connectivity index (χ3n) is 4.25. The number of halogens is 2. The predicted octanol–water partition coefficient (Wildman–Crippen LogP) is 3.19. The molecule has 0 fully saturated rings. The molecule has 1 aliphatic rings. The number of imide groups is 1. The molecule has 2 aromatic rings. The van der Waals surface area contributed by atoms with Gasteiger partial charge in [0.15, 0.2) is 0 Å². The monoisotopic (exact) mass is 388 g/mol. The van der Waals surface area contributed by atoms with Gasteiger partial charge in [0.1, 0.15) is 6.61 Å². The van der Waals surface area contributed by atoms with Crippen LogP contribution in [0.2, 0.25) is 0 Å². The summed E-state index contributed by atoms with van der Waals surface area (Å²) in [5, 5.41) is 0. The normalized spacial score (nSPS) is 13.5. The van der Waals surface area contributed by atoms with Gasteiger partial charge in [0, 0.05) is 7.05 Å². The number of carbonyl (C=O) groups excluding carboxylic acids is 3. The summed E-state index contributed by atoms with van der Waals surface area (Å²) < 4.78 is 33.9. The van der Waals surface area contributed by atoms with Crippen molar-refractivity contribution in [2.75, 3.05) is 20.1 Å². The Labute approximate surface area is 160 Å². The summed E-state index contributed by atoms with van der Waals surface area (Å²) in [5.41, 5.74) is 0.917. The van der Waals surface area contributed by atoms with Gasteiger partial charge in [-0.25, -0.2) is 13.6 Å². The molecule has 0 spiro atoms. The van der Waals surface area contributed by atoms with Crippen molar-refractivity contribution in [2.24, 2.45) is 0 Å². The predicted molar refractivity (Wildman–Crippen MR) is 96.0 cm³/mol. The molecule has 0 aliphatic carbocycles. The molecule has 28 heavy (non-hydrogen) atoms. The molecule has 0 N–H and O–H groups in total. The molecule has 1 heterocycles. The lowest BCUT2D eigenvalue weighted by molar-refractivity contribution is -0.0425. The van der Waals surface area contributed by atoms with E-state index >= 15 is 0 Å². The van der Waals surface area contributed by atoms with Gasteiger partial charge in [0.25, 0.3) is 17.7 Å². The van der Waals surface area contributed by atoms with E-state index < -0.39 is 36.9 Å². The minimum absolute atomic E-state index is 0.0476. The van der Waals surface area contributed by atoms with Crippen molar-refractivity contribution < 1.29 is 27.9 Å². The van der Waals surface area contributed by atoms with Crippen LogP contribution in [0.4, 0.5) is 13.6 Å². The highest BCUT2D eigenvalue weighted by molar-refractivity contribution is 6.21. The van der Waals surface area contributed by atoms with Crippen molar-refractivity contribution >= 4 is 17.9 Å². The van der Waals surface area contributed by atoms with E-state index in [0.29, 0.717) is 4.90 Å². The minimum atomic E-state index is -3.49. The molecule has 3 rings (SSSR count). The standard InChI is InChI=1S/C20H18F2N2O4/c1-23(19(27)28-11-14-7-3-2-4-8-14)12-20(21,22)13-24-17(25)15-9-5-6-10-16(15)18(24)26/h2-10H,11-13H2,1H3. The summed E-state index contributed by atoms with van der Waals surface area (Å²) >= 11 is 0. The number of fused-ring (bicyclic) bond motifs is 1. The van der Waals surface area contributed by atoms with Crippen molar-refractivity contribution in [3.8, 4) is 0 Å². The zero-order valence-corrected chi connectivity index (χ0v) is 15.1. The van der Waals surface area contributed by atoms with E-state index in [4.69, 9.17) is 4.74 Å². The first-order valence-corrected chi connectivity index (χ1v) is 8.53. The van der Waals surface area contributed by atoms with Crippen LogP contribution < -0.4 is 0 Å². The molecular weight excluding hydrogens is 370 g/mol. The van der Waals surface area contributed by atoms with Gasteiger partial charge in [-0.3, -0.25) is 14.5 Å². The minimum Gasteiger partial charge on any atom is -0.445 e. The Morgan fingerprint density at radius 3 is 2.11 bits per heavy atom. The van der Waals surface area contributed by atoms with E-state index in [2.05, 4.69) is 0 Å². The number of rotatable bonds is 6. The van der Waals surface area contributed by atoms with Gasteiger partial charge in [0.05, 0.1) is 24.2 Å². The fourth-order valence-electron chi connectivity index (χ4n) is 2.91. The van der Waals surface area contributed by atoms with Crippen LogP contribution in [0, 0.1) is 0 Å².